The van der Waals surface area contributed by atoms with Crippen molar-refractivity contribution < 1.29 is 37.0 Å². The van der Waals surface area contributed by atoms with Crippen LogP contribution in [-0.2, 0) is 29.0 Å². The summed E-state index contributed by atoms with van der Waals surface area (Å²) in [5, 5.41) is 22.7. The Balaban J connectivity index is 1.07. The van der Waals surface area contributed by atoms with Gasteiger partial charge in [0, 0.05) is 32.6 Å². The van der Waals surface area contributed by atoms with Crippen LogP contribution in [-0.4, -0.2) is 75.8 Å². The van der Waals surface area contributed by atoms with Crippen molar-refractivity contribution >= 4 is 18.1 Å². The zero-order valence-corrected chi connectivity index (χ0v) is 19.8. The highest BCUT2D eigenvalue weighted by molar-refractivity contribution is 5.90. The van der Waals surface area contributed by atoms with Gasteiger partial charge in [-0.15, -0.1) is 13.2 Å². The highest BCUT2D eigenvalue weighted by Crippen LogP contribution is 2.51. The zero-order chi connectivity index (χ0) is 27.0. The van der Waals surface area contributed by atoms with E-state index >= 15 is 0 Å². The number of H-pyrrole nitrogens is 1. The molecule has 3 heterocycles. The van der Waals surface area contributed by atoms with Crippen LogP contribution < -0.4 is 5.32 Å². The lowest BCUT2D eigenvalue weighted by atomic mass is 10.1. The molecule has 3 amide bonds. The van der Waals surface area contributed by atoms with Gasteiger partial charge >= 0.3 is 24.5 Å². The Kier molecular flexibility index (Phi) is 6.55. The Bertz CT molecular complexity index is 1300. The monoisotopic (exact) mass is 533 g/mol. The van der Waals surface area contributed by atoms with Gasteiger partial charge in [0.2, 0.25) is 0 Å². The third kappa shape index (κ3) is 5.48. The molecule has 3 aliphatic rings. The first-order valence-corrected chi connectivity index (χ1v) is 11.8. The molecule has 2 N–H and O–H groups in total. The number of nitrogens with one attached hydrogen (secondary N) is 2. The number of esters is 1. The van der Waals surface area contributed by atoms with E-state index in [-0.39, 0.29) is 41.5 Å². The van der Waals surface area contributed by atoms with Gasteiger partial charge in [0.1, 0.15) is 12.3 Å². The Hall–Kier alpha value is -4.35. The van der Waals surface area contributed by atoms with E-state index in [1.54, 1.807) is 11.0 Å². The van der Waals surface area contributed by atoms with E-state index in [4.69, 9.17) is 10.00 Å². The van der Waals surface area contributed by atoms with Gasteiger partial charge in [-0.25, -0.2) is 14.4 Å². The Morgan fingerprint density at radius 2 is 1.87 bits per heavy atom. The molecule has 1 aromatic carbocycles. The number of carbonyl (C=O) groups excluding carboxylic acids is 3. The topological polar surface area (TPSA) is 154 Å². The summed E-state index contributed by atoms with van der Waals surface area (Å²) in [6.07, 6.45) is -5.14. The fourth-order valence-electron chi connectivity index (χ4n) is 5.05. The van der Waals surface area contributed by atoms with Gasteiger partial charge in [-0.05, 0) is 41.5 Å². The molecule has 0 bridgehead atoms. The fourth-order valence-corrected chi connectivity index (χ4v) is 5.05. The number of alkyl halides is 3. The number of amides is 3. The summed E-state index contributed by atoms with van der Waals surface area (Å²) in [6.45, 7) is 2.03. The number of aromatic amines is 1. The number of ether oxygens (including phenoxy) is 2. The third-order valence-electron chi connectivity index (χ3n) is 7.00. The summed E-state index contributed by atoms with van der Waals surface area (Å²) in [7, 11) is 0. The first-order valence-electron chi connectivity index (χ1n) is 11.8. The number of halogens is 3. The smallest absolute Gasteiger partial charge is 0.445 e. The van der Waals surface area contributed by atoms with Gasteiger partial charge in [-0.2, -0.15) is 20.7 Å². The average Bonchev–Trinajstić information content (AvgIpc) is 3.21. The van der Waals surface area contributed by atoms with E-state index in [2.05, 4.69) is 25.5 Å². The molecule has 38 heavy (non-hydrogen) atoms. The van der Waals surface area contributed by atoms with Crippen molar-refractivity contribution in [1.82, 2.24) is 30.5 Å². The van der Waals surface area contributed by atoms with Crippen molar-refractivity contribution in [2.45, 2.75) is 25.9 Å². The molecule has 5 rings (SSSR count). The van der Waals surface area contributed by atoms with Crippen molar-refractivity contribution in [3.8, 4) is 6.07 Å². The van der Waals surface area contributed by atoms with E-state index in [9.17, 15) is 27.6 Å². The van der Waals surface area contributed by atoms with Crippen molar-refractivity contribution in [3.63, 3.8) is 0 Å². The predicted octanol–water partition coefficient (Wildman–Crippen LogP) is 1.94. The van der Waals surface area contributed by atoms with Crippen LogP contribution >= 0.6 is 0 Å². The summed E-state index contributed by atoms with van der Waals surface area (Å²) in [4.78, 5) is 40.0. The Labute approximate surface area is 213 Å². The summed E-state index contributed by atoms with van der Waals surface area (Å²) in [5.74, 6) is -0.943. The molecule has 12 nitrogen and oxygen atoms in total. The first-order chi connectivity index (χ1) is 18.1. The molecule has 1 aliphatic carbocycles. The minimum absolute atomic E-state index is 0.0778. The second-order valence-corrected chi connectivity index (χ2v) is 9.39. The molecule has 2 fully saturated rings. The van der Waals surface area contributed by atoms with Crippen molar-refractivity contribution in [1.29, 1.82) is 5.26 Å². The lowest BCUT2D eigenvalue weighted by molar-refractivity contribution is -0.291. The van der Waals surface area contributed by atoms with Crippen molar-refractivity contribution in [2.75, 3.05) is 26.2 Å². The first kappa shape index (κ1) is 25.3. The Morgan fingerprint density at radius 1 is 1.13 bits per heavy atom. The lowest BCUT2D eigenvalue weighted by Gasteiger charge is -2.26. The number of nitrogens with zero attached hydrogens (tertiary/aromatic N) is 5. The number of rotatable bonds is 5. The fraction of sp³-hybridized carbons (Fsp3) is 0.478. The predicted molar refractivity (Wildman–Crippen MR) is 119 cm³/mol. The molecule has 3 atom stereocenters. The number of hydrogen-bond acceptors (Lipinski definition) is 8. The average molecular weight is 533 g/mol. The highest BCUT2D eigenvalue weighted by atomic mass is 19.4. The van der Waals surface area contributed by atoms with Gasteiger partial charge in [-0.3, -0.25) is 0 Å². The maximum atomic E-state index is 12.5. The lowest BCUT2D eigenvalue weighted by Crippen LogP contribution is -2.44. The number of nitriles is 1. The SMILES string of the molecule is N#Cc1cc(COC(=O)N2C[C@@H]3C(CNC(=O)N4CCc5n[nH]nc5C4)[C@@H]3C2)cc(C(=O)OC(F)(F)F)c1. The van der Waals surface area contributed by atoms with E-state index in [1.165, 1.54) is 11.0 Å². The zero-order valence-electron chi connectivity index (χ0n) is 19.8. The maximum absolute atomic E-state index is 12.5. The minimum atomic E-state index is -5.17. The molecule has 1 saturated carbocycles. The summed E-state index contributed by atoms with van der Waals surface area (Å²) in [6, 6.07) is 4.93. The number of urea groups is 1. The number of piperidine rings is 1. The molecule has 0 radical (unpaired) electrons. The summed E-state index contributed by atoms with van der Waals surface area (Å²) < 4.78 is 45.7. The van der Waals surface area contributed by atoms with Gasteiger partial charge in [0.25, 0.3) is 0 Å². The van der Waals surface area contributed by atoms with Gasteiger partial charge in [-0.1, -0.05) is 0 Å². The Morgan fingerprint density at radius 3 is 2.58 bits per heavy atom. The van der Waals surface area contributed by atoms with Gasteiger partial charge in [0.05, 0.1) is 29.4 Å². The van der Waals surface area contributed by atoms with Crippen molar-refractivity contribution in [2.24, 2.45) is 17.8 Å². The molecule has 2 aromatic rings. The minimum Gasteiger partial charge on any atom is -0.445 e. The quantitative estimate of drug-likeness (QED) is 0.553. The number of benzene rings is 1. The number of aromatic nitrogens is 3. The van der Waals surface area contributed by atoms with E-state index < -0.39 is 24.0 Å². The second kappa shape index (κ2) is 9.84. The molecule has 1 unspecified atom stereocenters. The van der Waals surface area contributed by atoms with Crippen LogP contribution in [0.15, 0.2) is 18.2 Å². The molecule has 1 aromatic heterocycles. The number of hydrogen-bond donors (Lipinski definition) is 2. The van der Waals surface area contributed by atoms with Crippen LogP contribution in [0.25, 0.3) is 0 Å². The standard InChI is InChI=1S/C23H22F3N7O5/c24-23(25,26)38-20(34)14-4-12(6-27)3-13(5-14)11-37-22(36)33-8-16-15(17(16)9-33)7-28-21(35)32-2-1-18-19(10-32)30-31-29-18/h3-5,15-17H,1-2,7-11H2,(H,28,35)(H,29,30,31)/t15?,16-,17+. The van der Waals surface area contributed by atoms with Crippen LogP contribution in [0.3, 0.4) is 0 Å². The normalized spacial score (nSPS) is 21.7. The molecule has 200 valence electrons. The van der Waals surface area contributed by atoms with Crippen molar-refractivity contribution in [3.05, 3.63) is 46.3 Å². The molecular weight excluding hydrogens is 511 g/mol. The summed E-state index contributed by atoms with van der Waals surface area (Å²) >= 11 is 0. The van der Waals surface area contributed by atoms with E-state index in [0.717, 1.165) is 23.5 Å². The molecular formula is C23H22F3N7O5. The van der Waals surface area contributed by atoms with Crippen LogP contribution in [0.5, 0.6) is 0 Å². The summed E-state index contributed by atoms with van der Waals surface area (Å²) in [5.41, 5.74) is 1.25. The van der Waals surface area contributed by atoms with Gasteiger partial charge < -0.3 is 24.6 Å². The molecule has 0 spiro atoms. The molecule has 1 saturated heterocycles. The van der Waals surface area contributed by atoms with Crippen LogP contribution in [0.2, 0.25) is 0 Å². The number of fused-ring (bicyclic) bond motifs is 2. The molecule has 15 heteroatoms. The van der Waals surface area contributed by atoms with Crippen LogP contribution in [0.4, 0.5) is 22.8 Å². The second-order valence-electron chi connectivity index (χ2n) is 9.39. The van der Waals surface area contributed by atoms with Crippen LogP contribution in [0.1, 0.15) is 32.9 Å². The van der Waals surface area contributed by atoms with E-state index in [0.29, 0.717) is 39.1 Å². The molecule has 2 aliphatic heterocycles. The largest absolute Gasteiger partial charge is 0.575 e. The highest BCUT2D eigenvalue weighted by Gasteiger charge is 2.56. The number of likely N-dealkylation sites (tertiary alicyclic amines) is 1. The van der Waals surface area contributed by atoms with E-state index in [1.807, 2.05) is 0 Å². The maximum Gasteiger partial charge on any atom is 0.575 e. The number of carbonyl (C=O) groups is 3. The van der Waals surface area contributed by atoms with Crippen LogP contribution in [0, 0.1) is 29.1 Å². The van der Waals surface area contributed by atoms with Gasteiger partial charge in [0.15, 0.2) is 0 Å². The third-order valence-corrected chi connectivity index (χ3v) is 7.00.